The number of hydrogen-bond acceptors (Lipinski definition) is 3. The van der Waals surface area contributed by atoms with Gasteiger partial charge in [-0.15, -0.1) is 0 Å². The van der Waals surface area contributed by atoms with Gasteiger partial charge in [0.1, 0.15) is 11.5 Å². The van der Waals surface area contributed by atoms with E-state index in [2.05, 4.69) is 27.2 Å². The summed E-state index contributed by atoms with van der Waals surface area (Å²) in [6, 6.07) is 2.78. The molecule has 1 aliphatic rings. The van der Waals surface area contributed by atoms with E-state index >= 15 is 0 Å². The van der Waals surface area contributed by atoms with Gasteiger partial charge >= 0.3 is 0 Å². The first kappa shape index (κ1) is 13.2. The van der Waals surface area contributed by atoms with Crippen LogP contribution in [0.3, 0.4) is 0 Å². The Balaban J connectivity index is 1.92. The van der Waals surface area contributed by atoms with Gasteiger partial charge in [-0.05, 0) is 37.6 Å². The van der Waals surface area contributed by atoms with Crippen molar-refractivity contribution in [2.24, 2.45) is 5.92 Å². The predicted molar refractivity (Wildman–Crippen MR) is 71.1 cm³/mol. The summed E-state index contributed by atoms with van der Waals surface area (Å²) < 4.78 is 26.9. The summed E-state index contributed by atoms with van der Waals surface area (Å²) in [5.41, 5.74) is 0.971. The molecule has 4 nitrogen and oxygen atoms in total. The Hall–Kier alpha value is -1.82. The number of nitrogens with one attached hydrogen (secondary N) is 2. The van der Waals surface area contributed by atoms with E-state index in [1.54, 1.807) is 0 Å². The molecule has 3 rings (SSSR count). The summed E-state index contributed by atoms with van der Waals surface area (Å²) in [7, 11) is 0. The molecule has 0 bridgehead atoms. The molecule has 0 saturated carbocycles. The number of rotatable bonds is 2. The number of H-pyrrole nitrogens is 1. The van der Waals surface area contributed by atoms with Gasteiger partial charge in [0.25, 0.3) is 0 Å². The number of nitrogens with zero attached hydrogens (tertiary/aromatic N) is 2. The van der Waals surface area contributed by atoms with Gasteiger partial charge in [0, 0.05) is 5.92 Å². The number of pyridine rings is 1. The van der Waals surface area contributed by atoms with Crippen molar-refractivity contribution in [2.45, 2.75) is 19.3 Å². The lowest BCUT2D eigenvalue weighted by atomic mass is 9.85. The van der Waals surface area contributed by atoms with Crippen LogP contribution in [0.25, 0.3) is 11.5 Å². The van der Waals surface area contributed by atoms with E-state index in [1.165, 1.54) is 12.1 Å². The maximum absolute atomic E-state index is 14.1. The van der Waals surface area contributed by atoms with Crippen LogP contribution in [0.1, 0.15) is 25.0 Å². The van der Waals surface area contributed by atoms with E-state index in [1.807, 2.05) is 0 Å². The highest BCUT2D eigenvalue weighted by Gasteiger charge is 2.28. The van der Waals surface area contributed by atoms with Crippen molar-refractivity contribution in [2.75, 3.05) is 13.1 Å². The van der Waals surface area contributed by atoms with Crippen molar-refractivity contribution in [3.05, 3.63) is 35.8 Å². The zero-order valence-electron chi connectivity index (χ0n) is 11.2. The van der Waals surface area contributed by atoms with Crippen LogP contribution in [0.4, 0.5) is 8.78 Å². The molecule has 106 valence electrons. The SMILES string of the molecule is CC1CNCCC1c1[nH]c(-c2ccc(F)cn2)nc1F. The predicted octanol–water partition coefficient (Wildman–Crippen LogP) is 2.46. The quantitative estimate of drug-likeness (QED) is 0.887. The standard InChI is InChI=1S/C14H16F2N4/c1-8-6-17-5-4-10(8)12-13(16)20-14(19-12)11-3-2-9(15)7-18-11/h2-3,7-8,10,17H,4-6H2,1H3,(H,19,20). The summed E-state index contributed by atoms with van der Waals surface area (Å²) in [4.78, 5) is 10.8. The molecule has 0 aromatic carbocycles. The van der Waals surface area contributed by atoms with Crippen LogP contribution in [0.2, 0.25) is 0 Å². The molecule has 1 saturated heterocycles. The molecule has 1 fully saturated rings. The lowest BCUT2D eigenvalue weighted by Gasteiger charge is -2.28. The molecule has 2 aromatic heterocycles. The zero-order chi connectivity index (χ0) is 14.1. The molecule has 1 aliphatic heterocycles. The van der Waals surface area contributed by atoms with Crippen molar-refractivity contribution in [3.63, 3.8) is 0 Å². The molecule has 0 amide bonds. The van der Waals surface area contributed by atoms with Gasteiger partial charge in [0.05, 0.1) is 11.9 Å². The first-order valence-electron chi connectivity index (χ1n) is 6.73. The summed E-state index contributed by atoms with van der Waals surface area (Å²) in [5, 5.41) is 3.29. The molecule has 2 unspecified atom stereocenters. The van der Waals surface area contributed by atoms with Gasteiger partial charge in [0.2, 0.25) is 5.95 Å². The van der Waals surface area contributed by atoms with Crippen LogP contribution in [0.5, 0.6) is 0 Å². The van der Waals surface area contributed by atoms with Gasteiger partial charge in [0.15, 0.2) is 5.82 Å². The van der Waals surface area contributed by atoms with E-state index in [-0.39, 0.29) is 5.92 Å². The minimum Gasteiger partial charge on any atom is -0.338 e. The highest BCUT2D eigenvalue weighted by atomic mass is 19.1. The molecule has 6 heteroatoms. The Kier molecular flexibility index (Phi) is 3.48. The first-order chi connectivity index (χ1) is 9.65. The molecular weight excluding hydrogens is 262 g/mol. The molecule has 0 aliphatic carbocycles. The lowest BCUT2D eigenvalue weighted by molar-refractivity contribution is 0.335. The largest absolute Gasteiger partial charge is 0.338 e. The van der Waals surface area contributed by atoms with Crippen LogP contribution >= 0.6 is 0 Å². The van der Waals surface area contributed by atoms with Crippen molar-refractivity contribution in [1.82, 2.24) is 20.3 Å². The summed E-state index contributed by atoms with van der Waals surface area (Å²) in [6.07, 6.45) is 1.97. The van der Waals surface area contributed by atoms with Gasteiger partial charge in [-0.1, -0.05) is 6.92 Å². The van der Waals surface area contributed by atoms with Crippen molar-refractivity contribution in [3.8, 4) is 11.5 Å². The van der Waals surface area contributed by atoms with Crippen LogP contribution in [-0.2, 0) is 0 Å². The molecule has 20 heavy (non-hydrogen) atoms. The Morgan fingerprint density at radius 1 is 1.30 bits per heavy atom. The molecular formula is C14H16F2N4. The van der Waals surface area contributed by atoms with E-state index in [0.29, 0.717) is 23.1 Å². The third-order valence-corrected chi connectivity index (χ3v) is 3.81. The van der Waals surface area contributed by atoms with E-state index in [0.717, 1.165) is 25.7 Å². The Labute approximate surface area is 115 Å². The van der Waals surface area contributed by atoms with Crippen molar-refractivity contribution < 1.29 is 8.78 Å². The number of aromatic nitrogens is 3. The van der Waals surface area contributed by atoms with Gasteiger partial charge in [-0.2, -0.15) is 9.37 Å². The smallest absolute Gasteiger partial charge is 0.234 e. The summed E-state index contributed by atoms with van der Waals surface area (Å²) >= 11 is 0. The van der Waals surface area contributed by atoms with Crippen LogP contribution in [0.15, 0.2) is 18.3 Å². The fourth-order valence-electron chi connectivity index (χ4n) is 2.69. The van der Waals surface area contributed by atoms with Crippen LogP contribution in [0, 0.1) is 17.7 Å². The van der Waals surface area contributed by atoms with Gasteiger partial charge in [-0.25, -0.2) is 9.37 Å². The highest BCUT2D eigenvalue weighted by Crippen LogP contribution is 2.31. The van der Waals surface area contributed by atoms with E-state index in [9.17, 15) is 8.78 Å². The Morgan fingerprint density at radius 3 is 2.85 bits per heavy atom. The average Bonchev–Trinajstić information content (AvgIpc) is 2.82. The van der Waals surface area contributed by atoms with Crippen LogP contribution < -0.4 is 5.32 Å². The number of piperidine rings is 1. The minimum atomic E-state index is -0.482. The normalized spacial score (nSPS) is 22.9. The maximum atomic E-state index is 14.1. The maximum Gasteiger partial charge on any atom is 0.234 e. The third kappa shape index (κ3) is 2.43. The lowest BCUT2D eigenvalue weighted by Crippen LogP contribution is -2.34. The van der Waals surface area contributed by atoms with Crippen molar-refractivity contribution in [1.29, 1.82) is 0 Å². The summed E-state index contributed by atoms with van der Waals surface area (Å²) in [6.45, 7) is 3.83. The van der Waals surface area contributed by atoms with E-state index < -0.39 is 11.8 Å². The van der Waals surface area contributed by atoms with Gasteiger partial charge < -0.3 is 10.3 Å². The zero-order valence-corrected chi connectivity index (χ0v) is 11.2. The third-order valence-electron chi connectivity index (χ3n) is 3.81. The molecule has 0 radical (unpaired) electrons. The van der Waals surface area contributed by atoms with Gasteiger partial charge in [-0.3, -0.25) is 0 Å². The Morgan fingerprint density at radius 2 is 2.15 bits per heavy atom. The molecule has 2 atom stereocenters. The average molecular weight is 278 g/mol. The minimum absolute atomic E-state index is 0.123. The number of aromatic amines is 1. The van der Waals surface area contributed by atoms with Crippen molar-refractivity contribution >= 4 is 0 Å². The molecule has 2 aromatic rings. The van der Waals surface area contributed by atoms with E-state index in [4.69, 9.17) is 0 Å². The monoisotopic (exact) mass is 278 g/mol. The molecule has 3 heterocycles. The number of hydrogen-bond donors (Lipinski definition) is 2. The number of halogens is 2. The molecule has 2 N–H and O–H groups in total. The number of imidazole rings is 1. The fraction of sp³-hybridized carbons (Fsp3) is 0.429. The molecule has 0 spiro atoms. The second kappa shape index (κ2) is 5.28. The highest BCUT2D eigenvalue weighted by molar-refractivity contribution is 5.49. The van der Waals surface area contributed by atoms with Crippen LogP contribution in [-0.4, -0.2) is 28.0 Å². The topological polar surface area (TPSA) is 53.6 Å². The first-order valence-corrected chi connectivity index (χ1v) is 6.73. The Bertz CT molecular complexity index is 594. The summed E-state index contributed by atoms with van der Waals surface area (Å²) in [5.74, 6) is -0.0910. The second-order valence-electron chi connectivity index (χ2n) is 5.23. The second-order valence-corrected chi connectivity index (χ2v) is 5.23. The fourth-order valence-corrected chi connectivity index (χ4v) is 2.69.